The summed E-state index contributed by atoms with van der Waals surface area (Å²) in [5.74, 6) is 0.395. The second kappa shape index (κ2) is 6.66. The zero-order valence-corrected chi connectivity index (χ0v) is 12.9. The van der Waals surface area contributed by atoms with Crippen LogP contribution >= 0.6 is 0 Å². The molecule has 1 aromatic carbocycles. The SMILES string of the molecule is COc1ccc(CN2CCOc3cc(C(=O)O)cnc3C2)cc1. The summed E-state index contributed by atoms with van der Waals surface area (Å²) >= 11 is 0. The monoisotopic (exact) mass is 314 g/mol. The fourth-order valence-electron chi connectivity index (χ4n) is 2.53. The zero-order valence-electron chi connectivity index (χ0n) is 12.9. The van der Waals surface area contributed by atoms with E-state index in [-0.39, 0.29) is 5.56 Å². The fourth-order valence-corrected chi connectivity index (χ4v) is 2.53. The number of ether oxygens (including phenoxy) is 2. The van der Waals surface area contributed by atoms with Crippen LogP contribution in [0.15, 0.2) is 36.5 Å². The summed E-state index contributed by atoms with van der Waals surface area (Å²) in [5, 5.41) is 9.03. The van der Waals surface area contributed by atoms with Crippen LogP contribution in [0.2, 0.25) is 0 Å². The number of aromatic nitrogens is 1. The lowest BCUT2D eigenvalue weighted by atomic mass is 10.2. The topological polar surface area (TPSA) is 71.9 Å². The van der Waals surface area contributed by atoms with Gasteiger partial charge in [0.25, 0.3) is 0 Å². The van der Waals surface area contributed by atoms with Crippen molar-refractivity contribution in [3.05, 3.63) is 53.3 Å². The molecule has 0 amide bonds. The highest BCUT2D eigenvalue weighted by Gasteiger charge is 2.18. The number of fused-ring (bicyclic) bond motifs is 1. The van der Waals surface area contributed by atoms with Crippen molar-refractivity contribution in [2.75, 3.05) is 20.3 Å². The molecule has 2 heterocycles. The van der Waals surface area contributed by atoms with Crippen molar-refractivity contribution in [2.24, 2.45) is 0 Å². The third-order valence-electron chi connectivity index (χ3n) is 3.78. The van der Waals surface area contributed by atoms with Crippen LogP contribution in [-0.4, -0.2) is 41.2 Å². The van der Waals surface area contributed by atoms with E-state index in [9.17, 15) is 4.79 Å². The molecule has 0 unspecified atom stereocenters. The van der Waals surface area contributed by atoms with E-state index in [0.29, 0.717) is 18.9 Å². The Morgan fingerprint density at radius 2 is 2.17 bits per heavy atom. The second-order valence-corrected chi connectivity index (χ2v) is 5.38. The summed E-state index contributed by atoms with van der Waals surface area (Å²) in [4.78, 5) is 17.5. The number of pyridine rings is 1. The van der Waals surface area contributed by atoms with Crippen molar-refractivity contribution in [3.8, 4) is 11.5 Å². The Kier molecular flexibility index (Phi) is 4.43. The number of hydrogen-bond acceptors (Lipinski definition) is 5. The standard InChI is InChI=1S/C17H18N2O4/c1-22-14-4-2-12(3-5-14)10-19-6-7-23-16-8-13(17(20)21)9-18-15(16)11-19/h2-5,8-9H,6-7,10-11H2,1H3,(H,20,21). The lowest BCUT2D eigenvalue weighted by Crippen LogP contribution is -2.25. The van der Waals surface area contributed by atoms with E-state index in [4.69, 9.17) is 14.6 Å². The predicted molar refractivity (Wildman–Crippen MR) is 83.8 cm³/mol. The maximum absolute atomic E-state index is 11.0. The van der Waals surface area contributed by atoms with Gasteiger partial charge in [0.1, 0.15) is 18.1 Å². The molecule has 2 aromatic rings. The number of carboxylic acids is 1. The lowest BCUT2D eigenvalue weighted by Gasteiger charge is -2.19. The van der Waals surface area contributed by atoms with Crippen LogP contribution in [0.3, 0.4) is 0 Å². The summed E-state index contributed by atoms with van der Waals surface area (Å²) in [6.45, 7) is 2.66. The molecule has 0 spiro atoms. The van der Waals surface area contributed by atoms with Crippen molar-refractivity contribution in [1.29, 1.82) is 0 Å². The predicted octanol–water partition coefficient (Wildman–Crippen LogP) is 2.18. The average molecular weight is 314 g/mol. The number of nitrogens with zero attached hydrogens (tertiary/aromatic N) is 2. The van der Waals surface area contributed by atoms with Gasteiger partial charge in [0.15, 0.2) is 0 Å². The molecule has 3 rings (SSSR count). The van der Waals surface area contributed by atoms with Crippen LogP contribution < -0.4 is 9.47 Å². The van der Waals surface area contributed by atoms with E-state index in [1.807, 2.05) is 24.3 Å². The Morgan fingerprint density at radius 1 is 1.39 bits per heavy atom. The van der Waals surface area contributed by atoms with Gasteiger partial charge in [0.2, 0.25) is 0 Å². The fraction of sp³-hybridized carbons (Fsp3) is 0.294. The molecule has 0 saturated carbocycles. The van der Waals surface area contributed by atoms with Crippen molar-refractivity contribution in [2.45, 2.75) is 13.1 Å². The molecule has 0 aliphatic carbocycles. The summed E-state index contributed by atoms with van der Waals surface area (Å²) in [6, 6.07) is 9.49. The van der Waals surface area contributed by atoms with Gasteiger partial charge in [0.05, 0.1) is 18.4 Å². The summed E-state index contributed by atoms with van der Waals surface area (Å²) in [6.07, 6.45) is 1.38. The maximum atomic E-state index is 11.0. The second-order valence-electron chi connectivity index (χ2n) is 5.38. The van der Waals surface area contributed by atoms with Crippen molar-refractivity contribution in [3.63, 3.8) is 0 Å². The van der Waals surface area contributed by atoms with E-state index < -0.39 is 5.97 Å². The zero-order chi connectivity index (χ0) is 16.2. The number of hydrogen-bond donors (Lipinski definition) is 1. The normalized spacial score (nSPS) is 14.5. The molecule has 0 bridgehead atoms. The molecular weight excluding hydrogens is 296 g/mol. The molecule has 1 aliphatic heterocycles. The van der Waals surface area contributed by atoms with Crippen LogP contribution in [0.1, 0.15) is 21.6 Å². The molecule has 6 nitrogen and oxygen atoms in total. The van der Waals surface area contributed by atoms with E-state index >= 15 is 0 Å². The van der Waals surface area contributed by atoms with Gasteiger partial charge < -0.3 is 14.6 Å². The van der Waals surface area contributed by atoms with E-state index in [2.05, 4.69) is 9.88 Å². The Balaban J connectivity index is 1.74. The summed E-state index contributed by atoms with van der Waals surface area (Å²) < 4.78 is 10.8. The van der Waals surface area contributed by atoms with Gasteiger partial charge in [0, 0.05) is 25.8 Å². The van der Waals surface area contributed by atoms with E-state index in [0.717, 1.165) is 24.5 Å². The molecule has 0 saturated heterocycles. The molecule has 120 valence electrons. The average Bonchev–Trinajstić information content (AvgIpc) is 2.76. The Bertz CT molecular complexity index is 700. The van der Waals surface area contributed by atoms with Gasteiger partial charge >= 0.3 is 5.97 Å². The minimum absolute atomic E-state index is 0.146. The van der Waals surface area contributed by atoms with Gasteiger partial charge in [-0.15, -0.1) is 0 Å². The van der Waals surface area contributed by atoms with Gasteiger partial charge in [-0.2, -0.15) is 0 Å². The molecule has 0 atom stereocenters. The highest BCUT2D eigenvalue weighted by molar-refractivity contribution is 5.87. The van der Waals surface area contributed by atoms with Gasteiger partial charge in [-0.1, -0.05) is 12.1 Å². The number of benzene rings is 1. The Morgan fingerprint density at radius 3 is 2.87 bits per heavy atom. The number of aromatic carboxylic acids is 1. The lowest BCUT2D eigenvalue weighted by molar-refractivity contribution is 0.0696. The number of methoxy groups -OCH3 is 1. The first kappa shape index (κ1) is 15.3. The molecule has 1 aromatic heterocycles. The largest absolute Gasteiger partial charge is 0.497 e. The van der Waals surface area contributed by atoms with Crippen LogP contribution in [0.25, 0.3) is 0 Å². The Labute approximate surface area is 134 Å². The smallest absolute Gasteiger partial charge is 0.337 e. The minimum Gasteiger partial charge on any atom is -0.497 e. The van der Waals surface area contributed by atoms with Crippen LogP contribution in [0.5, 0.6) is 11.5 Å². The first-order chi connectivity index (χ1) is 11.2. The van der Waals surface area contributed by atoms with Crippen molar-refractivity contribution in [1.82, 2.24) is 9.88 Å². The first-order valence-corrected chi connectivity index (χ1v) is 7.36. The third-order valence-corrected chi connectivity index (χ3v) is 3.78. The van der Waals surface area contributed by atoms with E-state index in [1.165, 1.54) is 11.8 Å². The summed E-state index contributed by atoms with van der Waals surface area (Å²) in [7, 11) is 1.65. The van der Waals surface area contributed by atoms with Crippen molar-refractivity contribution < 1.29 is 19.4 Å². The van der Waals surface area contributed by atoms with Gasteiger partial charge in [-0.25, -0.2) is 4.79 Å². The highest BCUT2D eigenvalue weighted by atomic mass is 16.5. The van der Waals surface area contributed by atoms with Crippen molar-refractivity contribution >= 4 is 5.97 Å². The molecule has 6 heteroatoms. The summed E-state index contributed by atoms with van der Waals surface area (Å²) in [5.41, 5.74) is 2.09. The molecular formula is C17H18N2O4. The van der Waals surface area contributed by atoms with Gasteiger partial charge in [-0.05, 0) is 23.8 Å². The van der Waals surface area contributed by atoms with Gasteiger partial charge in [-0.3, -0.25) is 9.88 Å². The third kappa shape index (κ3) is 3.60. The quantitative estimate of drug-likeness (QED) is 0.932. The van der Waals surface area contributed by atoms with Crippen LogP contribution in [-0.2, 0) is 13.1 Å². The number of rotatable bonds is 4. The first-order valence-electron chi connectivity index (χ1n) is 7.36. The molecule has 1 N–H and O–H groups in total. The van der Waals surface area contributed by atoms with Crippen LogP contribution in [0, 0.1) is 0 Å². The highest BCUT2D eigenvalue weighted by Crippen LogP contribution is 2.23. The minimum atomic E-state index is -0.997. The number of carboxylic acid groups (broad SMARTS) is 1. The maximum Gasteiger partial charge on any atom is 0.337 e. The molecule has 0 radical (unpaired) electrons. The van der Waals surface area contributed by atoms with Crippen LogP contribution in [0.4, 0.5) is 0 Å². The number of carbonyl (C=O) groups is 1. The Hall–Kier alpha value is -2.60. The van der Waals surface area contributed by atoms with E-state index in [1.54, 1.807) is 13.2 Å². The molecule has 0 fully saturated rings. The molecule has 23 heavy (non-hydrogen) atoms. The molecule has 1 aliphatic rings.